The third kappa shape index (κ3) is 3.49. The number of nitro groups is 1. The van der Waals surface area contributed by atoms with Crippen molar-refractivity contribution < 1.29 is 9.45 Å². The molecule has 23 heavy (non-hydrogen) atoms. The van der Waals surface area contributed by atoms with Gasteiger partial charge < -0.3 is 9.84 Å². The summed E-state index contributed by atoms with van der Waals surface area (Å²) >= 11 is 0. The van der Waals surface area contributed by atoms with Crippen LogP contribution in [-0.4, -0.2) is 26.6 Å². The Morgan fingerprint density at radius 2 is 2.00 bits per heavy atom. The number of nitrogens with zero attached hydrogens (tertiary/aromatic N) is 4. The van der Waals surface area contributed by atoms with E-state index < -0.39 is 4.92 Å². The van der Waals surface area contributed by atoms with Crippen LogP contribution in [0.3, 0.4) is 0 Å². The molecule has 116 valence electrons. The first-order valence-electron chi connectivity index (χ1n) is 6.95. The molecule has 0 aliphatic heterocycles. The predicted octanol–water partition coefficient (Wildman–Crippen LogP) is 2.69. The standard InChI is InChI=1S/C15H13N5O3/c21-20(22)13-7-2-1-5-11(13)17-10-8-14-18-15(23-19-14)12-6-3-4-9-16-12/h1-7,9,17H,8,10H2. The molecule has 0 amide bonds. The fourth-order valence-electron chi connectivity index (χ4n) is 2.04. The summed E-state index contributed by atoms with van der Waals surface area (Å²) in [6.45, 7) is 0.450. The number of benzene rings is 1. The Labute approximate surface area is 131 Å². The maximum Gasteiger partial charge on any atom is 0.292 e. The fourth-order valence-corrected chi connectivity index (χ4v) is 2.04. The van der Waals surface area contributed by atoms with Crippen molar-refractivity contribution >= 4 is 11.4 Å². The second kappa shape index (κ2) is 6.65. The highest BCUT2D eigenvalue weighted by atomic mass is 16.6. The molecule has 0 spiro atoms. The van der Waals surface area contributed by atoms with Crippen LogP contribution in [-0.2, 0) is 6.42 Å². The molecule has 8 heteroatoms. The van der Waals surface area contributed by atoms with E-state index in [9.17, 15) is 10.1 Å². The van der Waals surface area contributed by atoms with Gasteiger partial charge in [-0.25, -0.2) is 0 Å². The van der Waals surface area contributed by atoms with Crippen molar-refractivity contribution in [3.05, 3.63) is 64.6 Å². The van der Waals surface area contributed by atoms with Crippen LogP contribution >= 0.6 is 0 Å². The largest absolute Gasteiger partial charge is 0.379 e. The van der Waals surface area contributed by atoms with Gasteiger partial charge in [0.2, 0.25) is 0 Å². The molecule has 0 saturated carbocycles. The van der Waals surface area contributed by atoms with E-state index in [1.165, 1.54) is 6.07 Å². The molecule has 1 N–H and O–H groups in total. The summed E-state index contributed by atoms with van der Waals surface area (Å²) in [6, 6.07) is 11.9. The van der Waals surface area contributed by atoms with E-state index in [0.29, 0.717) is 36.1 Å². The number of hydrogen-bond donors (Lipinski definition) is 1. The Morgan fingerprint density at radius 1 is 1.17 bits per heavy atom. The SMILES string of the molecule is O=[N+]([O-])c1ccccc1NCCc1noc(-c2ccccn2)n1. The van der Waals surface area contributed by atoms with Crippen molar-refractivity contribution in [1.82, 2.24) is 15.1 Å². The molecular formula is C15H13N5O3. The van der Waals surface area contributed by atoms with Gasteiger partial charge >= 0.3 is 0 Å². The summed E-state index contributed by atoms with van der Waals surface area (Å²) in [5, 5.41) is 17.8. The summed E-state index contributed by atoms with van der Waals surface area (Å²) in [4.78, 5) is 18.9. The van der Waals surface area contributed by atoms with Gasteiger partial charge in [0.15, 0.2) is 5.82 Å². The first-order valence-corrected chi connectivity index (χ1v) is 6.95. The molecule has 0 atom stereocenters. The summed E-state index contributed by atoms with van der Waals surface area (Å²) < 4.78 is 5.16. The highest BCUT2D eigenvalue weighted by molar-refractivity contribution is 5.61. The summed E-state index contributed by atoms with van der Waals surface area (Å²) in [7, 11) is 0. The van der Waals surface area contributed by atoms with E-state index >= 15 is 0 Å². The molecule has 3 rings (SSSR count). The van der Waals surface area contributed by atoms with Crippen molar-refractivity contribution in [3.63, 3.8) is 0 Å². The summed E-state index contributed by atoms with van der Waals surface area (Å²) in [5.41, 5.74) is 1.11. The number of para-hydroxylation sites is 2. The van der Waals surface area contributed by atoms with Gasteiger partial charge in [-0.3, -0.25) is 15.1 Å². The maximum absolute atomic E-state index is 10.9. The van der Waals surface area contributed by atoms with Gasteiger partial charge in [-0.2, -0.15) is 4.98 Å². The maximum atomic E-state index is 10.9. The van der Waals surface area contributed by atoms with Crippen molar-refractivity contribution in [2.24, 2.45) is 0 Å². The molecule has 3 aromatic rings. The number of aromatic nitrogens is 3. The van der Waals surface area contributed by atoms with Gasteiger partial charge in [0, 0.05) is 25.2 Å². The monoisotopic (exact) mass is 311 g/mol. The molecule has 2 heterocycles. The molecule has 8 nitrogen and oxygen atoms in total. The van der Waals surface area contributed by atoms with E-state index in [1.54, 1.807) is 36.5 Å². The van der Waals surface area contributed by atoms with Crippen molar-refractivity contribution in [3.8, 4) is 11.6 Å². The van der Waals surface area contributed by atoms with Crippen molar-refractivity contribution in [1.29, 1.82) is 0 Å². The van der Waals surface area contributed by atoms with E-state index in [1.807, 2.05) is 6.07 Å². The van der Waals surface area contributed by atoms with Crippen LogP contribution in [0.1, 0.15) is 5.82 Å². The fraction of sp³-hybridized carbons (Fsp3) is 0.133. The zero-order valence-corrected chi connectivity index (χ0v) is 12.0. The van der Waals surface area contributed by atoms with E-state index in [0.717, 1.165) is 0 Å². The lowest BCUT2D eigenvalue weighted by Crippen LogP contribution is -2.07. The Bertz CT molecular complexity index is 804. The minimum absolute atomic E-state index is 0.0368. The quantitative estimate of drug-likeness (QED) is 0.551. The van der Waals surface area contributed by atoms with Gasteiger partial charge in [-0.1, -0.05) is 23.4 Å². The lowest BCUT2D eigenvalue weighted by Gasteiger charge is -2.04. The number of nitro benzene ring substituents is 1. The van der Waals surface area contributed by atoms with Crippen LogP contribution in [0.4, 0.5) is 11.4 Å². The third-order valence-electron chi connectivity index (χ3n) is 3.12. The van der Waals surface area contributed by atoms with Crippen LogP contribution in [0.5, 0.6) is 0 Å². The van der Waals surface area contributed by atoms with Crippen LogP contribution in [0.2, 0.25) is 0 Å². The first kappa shape index (κ1) is 14.6. The second-order valence-electron chi connectivity index (χ2n) is 4.68. The minimum Gasteiger partial charge on any atom is -0.379 e. The van der Waals surface area contributed by atoms with Crippen LogP contribution in [0, 0.1) is 10.1 Å². The molecule has 0 saturated heterocycles. The molecule has 2 aromatic heterocycles. The van der Waals surface area contributed by atoms with Gasteiger partial charge in [-0.05, 0) is 18.2 Å². The second-order valence-corrected chi connectivity index (χ2v) is 4.68. The predicted molar refractivity (Wildman–Crippen MR) is 82.8 cm³/mol. The number of pyridine rings is 1. The van der Waals surface area contributed by atoms with Gasteiger partial charge in [0.1, 0.15) is 11.4 Å². The number of hydrogen-bond acceptors (Lipinski definition) is 7. The zero-order valence-electron chi connectivity index (χ0n) is 12.0. The molecule has 0 fully saturated rings. The molecular weight excluding hydrogens is 298 g/mol. The van der Waals surface area contributed by atoms with Gasteiger partial charge in [0.05, 0.1) is 4.92 Å². The summed E-state index contributed by atoms with van der Waals surface area (Å²) in [5.74, 6) is 0.864. The van der Waals surface area contributed by atoms with E-state index in [4.69, 9.17) is 4.52 Å². The number of rotatable bonds is 6. The van der Waals surface area contributed by atoms with Crippen LogP contribution < -0.4 is 5.32 Å². The third-order valence-corrected chi connectivity index (χ3v) is 3.12. The van der Waals surface area contributed by atoms with Crippen molar-refractivity contribution in [2.45, 2.75) is 6.42 Å². The van der Waals surface area contributed by atoms with E-state index in [2.05, 4.69) is 20.4 Å². The molecule has 1 aromatic carbocycles. The van der Waals surface area contributed by atoms with Crippen LogP contribution in [0.15, 0.2) is 53.2 Å². The smallest absolute Gasteiger partial charge is 0.292 e. The highest BCUT2D eigenvalue weighted by Crippen LogP contribution is 2.23. The Morgan fingerprint density at radius 3 is 2.78 bits per heavy atom. The number of nitrogens with one attached hydrogen (secondary N) is 1. The Kier molecular flexibility index (Phi) is 4.23. The average Bonchev–Trinajstić information content (AvgIpc) is 3.05. The van der Waals surface area contributed by atoms with Gasteiger partial charge in [0.25, 0.3) is 11.6 Å². The topological polar surface area (TPSA) is 107 Å². The summed E-state index contributed by atoms with van der Waals surface area (Å²) in [6.07, 6.45) is 2.12. The lowest BCUT2D eigenvalue weighted by molar-refractivity contribution is -0.384. The first-order chi connectivity index (χ1) is 11.2. The number of anilines is 1. The normalized spacial score (nSPS) is 10.4. The zero-order chi connectivity index (χ0) is 16.1. The van der Waals surface area contributed by atoms with E-state index in [-0.39, 0.29) is 5.69 Å². The van der Waals surface area contributed by atoms with Gasteiger partial charge in [-0.15, -0.1) is 0 Å². The molecule has 0 aliphatic rings. The minimum atomic E-state index is -0.421. The van der Waals surface area contributed by atoms with Crippen LogP contribution in [0.25, 0.3) is 11.6 Å². The Balaban J connectivity index is 1.62. The van der Waals surface area contributed by atoms with Crippen molar-refractivity contribution in [2.75, 3.05) is 11.9 Å². The Hall–Kier alpha value is -3.29. The average molecular weight is 311 g/mol. The molecule has 0 unspecified atom stereocenters. The molecule has 0 aliphatic carbocycles. The molecule has 0 radical (unpaired) electrons. The molecule has 0 bridgehead atoms. The lowest BCUT2D eigenvalue weighted by atomic mass is 10.2. The highest BCUT2D eigenvalue weighted by Gasteiger charge is 2.13.